The number of rotatable bonds is 1. The summed E-state index contributed by atoms with van der Waals surface area (Å²) in [7, 11) is 0. The van der Waals surface area contributed by atoms with Crippen LogP contribution in [0.15, 0.2) is 0 Å². The molecule has 0 spiro atoms. The molecule has 0 saturated carbocycles. The molecular formula is C8H16OS. The Hall–Kier alpha value is 0.310. The molecule has 1 aliphatic rings. The Bertz CT molecular complexity index is 106. The van der Waals surface area contributed by atoms with Crippen LogP contribution in [-0.4, -0.2) is 18.5 Å². The van der Waals surface area contributed by atoms with Crippen LogP contribution in [0, 0.1) is 5.41 Å². The van der Waals surface area contributed by atoms with E-state index in [-0.39, 0.29) is 0 Å². The molecule has 0 amide bonds. The molecule has 1 aliphatic heterocycles. The molecular weight excluding hydrogens is 144 g/mol. The van der Waals surface area contributed by atoms with Crippen molar-refractivity contribution in [3.63, 3.8) is 0 Å². The second-order valence-corrected chi connectivity index (χ2v) is 4.22. The van der Waals surface area contributed by atoms with Crippen LogP contribution in [-0.2, 0) is 4.74 Å². The molecule has 2 heteroatoms. The molecule has 0 aromatic rings. The lowest BCUT2D eigenvalue weighted by Gasteiger charge is -2.36. The lowest BCUT2D eigenvalue weighted by Crippen LogP contribution is -2.33. The lowest BCUT2D eigenvalue weighted by molar-refractivity contribution is 0.0251. The fourth-order valence-corrected chi connectivity index (χ4v) is 1.51. The zero-order valence-corrected chi connectivity index (χ0v) is 7.66. The van der Waals surface area contributed by atoms with Gasteiger partial charge in [-0.2, -0.15) is 12.6 Å². The van der Waals surface area contributed by atoms with Gasteiger partial charge in [-0.05, 0) is 18.3 Å². The van der Waals surface area contributed by atoms with Crippen molar-refractivity contribution in [1.29, 1.82) is 0 Å². The number of thiol groups is 1. The first kappa shape index (κ1) is 8.41. The van der Waals surface area contributed by atoms with Gasteiger partial charge in [0, 0.05) is 18.5 Å². The number of hydrogen-bond donors (Lipinski definition) is 1. The third-order valence-corrected chi connectivity index (χ3v) is 3.27. The van der Waals surface area contributed by atoms with Crippen LogP contribution in [0.25, 0.3) is 0 Å². The van der Waals surface area contributed by atoms with Crippen LogP contribution in [0.3, 0.4) is 0 Å². The Kier molecular flexibility index (Phi) is 2.64. The van der Waals surface area contributed by atoms with E-state index in [1.807, 2.05) is 0 Å². The highest BCUT2D eigenvalue weighted by molar-refractivity contribution is 7.81. The maximum atomic E-state index is 5.28. The van der Waals surface area contributed by atoms with E-state index in [0.29, 0.717) is 10.7 Å². The molecule has 1 fully saturated rings. The van der Waals surface area contributed by atoms with Crippen molar-refractivity contribution in [2.75, 3.05) is 13.2 Å². The Morgan fingerprint density at radius 1 is 1.40 bits per heavy atom. The van der Waals surface area contributed by atoms with E-state index in [9.17, 15) is 0 Å². The molecule has 1 saturated heterocycles. The summed E-state index contributed by atoms with van der Waals surface area (Å²) in [6.07, 6.45) is 2.33. The maximum Gasteiger partial charge on any atom is 0.0471 e. The predicted octanol–water partition coefficient (Wildman–Crippen LogP) is 2.12. The monoisotopic (exact) mass is 160 g/mol. The van der Waals surface area contributed by atoms with Gasteiger partial charge in [0.2, 0.25) is 0 Å². The molecule has 0 N–H and O–H groups in total. The first-order chi connectivity index (χ1) is 4.65. The van der Waals surface area contributed by atoms with Crippen molar-refractivity contribution >= 4 is 12.6 Å². The third-order valence-electron chi connectivity index (χ3n) is 2.64. The van der Waals surface area contributed by atoms with Gasteiger partial charge in [0.05, 0.1) is 0 Å². The van der Waals surface area contributed by atoms with Crippen molar-refractivity contribution in [2.24, 2.45) is 5.41 Å². The molecule has 1 atom stereocenters. The minimum absolute atomic E-state index is 0.418. The van der Waals surface area contributed by atoms with Crippen LogP contribution in [0.4, 0.5) is 0 Å². The molecule has 1 rings (SSSR count). The minimum Gasteiger partial charge on any atom is -0.381 e. The summed E-state index contributed by atoms with van der Waals surface area (Å²) in [6, 6.07) is 0. The molecule has 1 nitrogen and oxygen atoms in total. The summed E-state index contributed by atoms with van der Waals surface area (Å²) in [5.74, 6) is 0. The largest absolute Gasteiger partial charge is 0.381 e. The van der Waals surface area contributed by atoms with Gasteiger partial charge in [0.15, 0.2) is 0 Å². The quantitative estimate of drug-likeness (QED) is 0.578. The molecule has 1 unspecified atom stereocenters. The Morgan fingerprint density at radius 3 is 2.20 bits per heavy atom. The number of hydrogen-bond acceptors (Lipinski definition) is 2. The van der Waals surface area contributed by atoms with Crippen molar-refractivity contribution < 1.29 is 4.74 Å². The van der Waals surface area contributed by atoms with Crippen molar-refractivity contribution in [1.82, 2.24) is 0 Å². The average Bonchev–Trinajstić information content (AvgIpc) is 1.89. The topological polar surface area (TPSA) is 9.23 Å². The minimum atomic E-state index is 0.418. The van der Waals surface area contributed by atoms with E-state index in [1.165, 1.54) is 0 Å². The average molecular weight is 160 g/mol. The van der Waals surface area contributed by atoms with Gasteiger partial charge in [-0.3, -0.25) is 0 Å². The van der Waals surface area contributed by atoms with E-state index in [2.05, 4.69) is 26.5 Å². The highest BCUT2D eigenvalue weighted by atomic mass is 32.1. The summed E-state index contributed by atoms with van der Waals surface area (Å²) in [5, 5.41) is 0.497. The van der Waals surface area contributed by atoms with Gasteiger partial charge >= 0.3 is 0 Å². The Labute approximate surface area is 68.6 Å². The van der Waals surface area contributed by atoms with Gasteiger partial charge < -0.3 is 4.74 Å². The smallest absolute Gasteiger partial charge is 0.0471 e. The van der Waals surface area contributed by atoms with Gasteiger partial charge in [0.25, 0.3) is 0 Å². The van der Waals surface area contributed by atoms with Crippen LogP contribution < -0.4 is 0 Å². The van der Waals surface area contributed by atoms with Crippen molar-refractivity contribution in [2.45, 2.75) is 31.9 Å². The highest BCUT2D eigenvalue weighted by Crippen LogP contribution is 2.35. The molecule has 10 heavy (non-hydrogen) atoms. The highest BCUT2D eigenvalue weighted by Gasteiger charge is 2.30. The number of ether oxygens (including phenoxy) is 1. The van der Waals surface area contributed by atoms with Crippen LogP contribution in [0.2, 0.25) is 0 Å². The van der Waals surface area contributed by atoms with Crippen molar-refractivity contribution in [3.8, 4) is 0 Å². The van der Waals surface area contributed by atoms with Gasteiger partial charge in [-0.1, -0.05) is 13.8 Å². The van der Waals surface area contributed by atoms with Crippen LogP contribution in [0.1, 0.15) is 26.7 Å². The summed E-state index contributed by atoms with van der Waals surface area (Å²) in [4.78, 5) is 0. The fourth-order valence-electron chi connectivity index (χ4n) is 1.26. The summed E-state index contributed by atoms with van der Waals surface area (Å²) in [5.41, 5.74) is 0.418. The second-order valence-electron chi connectivity index (χ2n) is 3.44. The zero-order chi connectivity index (χ0) is 7.61. The Balaban J connectivity index is 2.48. The molecule has 0 aromatic heterocycles. The predicted molar refractivity (Wildman–Crippen MR) is 46.6 cm³/mol. The fraction of sp³-hybridized carbons (Fsp3) is 1.00. The van der Waals surface area contributed by atoms with E-state index in [1.54, 1.807) is 0 Å². The van der Waals surface area contributed by atoms with Crippen molar-refractivity contribution in [3.05, 3.63) is 0 Å². The van der Waals surface area contributed by atoms with Crippen LogP contribution >= 0.6 is 12.6 Å². The second kappa shape index (κ2) is 3.14. The van der Waals surface area contributed by atoms with E-state index in [0.717, 1.165) is 26.1 Å². The SMILES string of the molecule is CC(S)C1(C)CCOCC1. The summed E-state index contributed by atoms with van der Waals surface area (Å²) >= 11 is 4.47. The zero-order valence-electron chi connectivity index (χ0n) is 6.76. The molecule has 1 heterocycles. The third kappa shape index (κ3) is 1.67. The van der Waals surface area contributed by atoms with Crippen LogP contribution in [0.5, 0.6) is 0 Å². The van der Waals surface area contributed by atoms with Gasteiger partial charge in [-0.15, -0.1) is 0 Å². The molecule has 0 bridgehead atoms. The van der Waals surface area contributed by atoms with E-state index >= 15 is 0 Å². The molecule has 0 aliphatic carbocycles. The lowest BCUT2D eigenvalue weighted by atomic mass is 9.80. The molecule has 60 valence electrons. The normalized spacial score (nSPS) is 27.9. The summed E-state index contributed by atoms with van der Waals surface area (Å²) in [6.45, 7) is 6.31. The first-order valence-corrected chi connectivity index (χ1v) is 4.43. The standard InChI is InChI=1S/C8H16OS/c1-7(10)8(2)3-5-9-6-4-8/h7,10H,3-6H2,1-2H3. The molecule has 0 aromatic carbocycles. The maximum absolute atomic E-state index is 5.28. The molecule has 0 radical (unpaired) electrons. The van der Waals surface area contributed by atoms with Gasteiger partial charge in [0.1, 0.15) is 0 Å². The van der Waals surface area contributed by atoms with E-state index < -0.39 is 0 Å². The van der Waals surface area contributed by atoms with Gasteiger partial charge in [-0.25, -0.2) is 0 Å². The first-order valence-electron chi connectivity index (χ1n) is 3.91. The summed E-state index contributed by atoms with van der Waals surface area (Å²) < 4.78 is 5.28. The Morgan fingerprint density at radius 2 is 1.90 bits per heavy atom. The van der Waals surface area contributed by atoms with E-state index in [4.69, 9.17) is 4.74 Å².